The van der Waals surface area contributed by atoms with Crippen LogP contribution >= 0.6 is 0 Å². The van der Waals surface area contributed by atoms with Gasteiger partial charge in [0.25, 0.3) is 0 Å². The van der Waals surface area contributed by atoms with E-state index in [0.717, 1.165) is 6.42 Å². The minimum absolute atomic E-state index is 0.0184. The van der Waals surface area contributed by atoms with Crippen molar-refractivity contribution >= 4 is 6.09 Å². The predicted octanol–water partition coefficient (Wildman–Crippen LogP) is 1.69. The van der Waals surface area contributed by atoms with Crippen molar-refractivity contribution in [2.75, 3.05) is 6.61 Å². The Morgan fingerprint density at radius 1 is 1.41 bits per heavy atom. The molecule has 17 heavy (non-hydrogen) atoms. The van der Waals surface area contributed by atoms with Gasteiger partial charge in [-0.2, -0.15) is 0 Å². The van der Waals surface area contributed by atoms with Crippen molar-refractivity contribution in [1.29, 1.82) is 0 Å². The largest absolute Gasteiger partial charge is 0.444 e. The van der Waals surface area contributed by atoms with Crippen molar-refractivity contribution in [3.8, 4) is 0 Å². The molecule has 0 radical (unpaired) electrons. The smallest absolute Gasteiger partial charge is 0.407 e. The van der Waals surface area contributed by atoms with Gasteiger partial charge in [-0.15, -0.1) is 0 Å². The lowest BCUT2D eigenvalue weighted by Gasteiger charge is -2.29. The normalized spacial score (nSPS) is 35.1. The minimum Gasteiger partial charge on any atom is -0.444 e. The number of aliphatic hydroxyl groups is 1. The number of carbonyl (C=O) groups excluding carboxylic acids is 1. The topological polar surface area (TPSA) is 58.6 Å². The summed E-state index contributed by atoms with van der Waals surface area (Å²) in [6, 6.07) is 0.0184. The molecule has 2 N–H and O–H groups in total. The summed E-state index contributed by atoms with van der Waals surface area (Å²) in [5.74, 6) is 0.895. The van der Waals surface area contributed by atoms with Crippen LogP contribution in [-0.4, -0.2) is 29.4 Å². The maximum Gasteiger partial charge on any atom is 0.407 e. The first-order chi connectivity index (χ1) is 7.90. The van der Waals surface area contributed by atoms with Gasteiger partial charge in [0.2, 0.25) is 0 Å². The van der Waals surface area contributed by atoms with Crippen molar-refractivity contribution in [3.63, 3.8) is 0 Å². The number of carbonyl (C=O) groups is 1. The van der Waals surface area contributed by atoms with Gasteiger partial charge in [-0.1, -0.05) is 12.2 Å². The highest BCUT2D eigenvalue weighted by Gasteiger charge is 2.45. The summed E-state index contributed by atoms with van der Waals surface area (Å²) < 4.78 is 5.24. The van der Waals surface area contributed by atoms with Crippen LogP contribution in [0.1, 0.15) is 27.2 Å². The van der Waals surface area contributed by atoms with Crippen LogP contribution in [0.5, 0.6) is 0 Å². The number of nitrogens with one attached hydrogen (secondary N) is 1. The van der Waals surface area contributed by atoms with E-state index in [1.165, 1.54) is 0 Å². The molecule has 0 spiro atoms. The summed E-state index contributed by atoms with van der Waals surface area (Å²) in [6.45, 7) is 5.65. The molecule has 0 aromatic heterocycles. The number of rotatable bonds is 2. The highest BCUT2D eigenvalue weighted by Crippen LogP contribution is 2.43. The third-order valence-electron chi connectivity index (χ3n) is 3.52. The molecule has 4 nitrogen and oxygen atoms in total. The van der Waals surface area contributed by atoms with E-state index >= 15 is 0 Å². The predicted molar refractivity (Wildman–Crippen MR) is 64.5 cm³/mol. The Hall–Kier alpha value is -1.03. The number of alkyl carbamates (subject to hydrolysis) is 1. The van der Waals surface area contributed by atoms with E-state index in [4.69, 9.17) is 4.74 Å². The fourth-order valence-electron chi connectivity index (χ4n) is 2.83. The Kier molecular flexibility index (Phi) is 3.17. The van der Waals surface area contributed by atoms with Crippen LogP contribution in [0.25, 0.3) is 0 Å². The van der Waals surface area contributed by atoms with E-state index in [0.29, 0.717) is 11.8 Å². The second-order valence-corrected chi connectivity index (χ2v) is 5.97. The van der Waals surface area contributed by atoms with Crippen LogP contribution in [0.4, 0.5) is 4.79 Å². The molecule has 0 unspecified atom stereocenters. The minimum atomic E-state index is -0.480. The van der Waals surface area contributed by atoms with Crippen LogP contribution in [0.2, 0.25) is 0 Å². The van der Waals surface area contributed by atoms with Gasteiger partial charge in [0.1, 0.15) is 5.60 Å². The Labute approximate surface area is 102 Å². The first kappa shape index (κ1) is 12.4. The molecule has 0 aromatic rings. The lowest BCUT2D eigenvalue weighted by Crippen LogP contribution is -2.46. The first-order valence-electron chi connectivity index (χ1n) is 6.19. The van der Waals surface area contributed by atoms with E-state index in [9.17, 15) is 9.90 Å². The second kappa shape index (κ2) is 4.33. The van der Waals surface area contributed by atoms with E-state index in [-0.39, 0.29) is 24.7 Å². The molecule has 1 saturated carbocycles. The molecule has 1 amide bonds. The molecule has 0 heterocycles. The van der Waals surface area contributed by atoms with Crippen LogP contribution < -0.4 is 5.32 Å². The number of amides is 1. The first-order valence-corrected chi connectivity index (χ1v) is 6.19. The quantitative estimate of drug-likeness (QED) is 0.721. The Morgan fingerprint density at radius 3 is 2.65 bits per heavy atom. The van der Waals surface area contributed by atoms with Crippen LogP contribution in [0.3, 0.4) is 0 Å². The van der Waals surface area contributed by atoms with Gasteiger partial charge in [-0.25, -0.2) is 4.79 Å². The van der Waals surface area contributed by atoms with Crippen molar-refractivity contribution < 1.29 is 14.6 Å². The summed E-state index contributed by atoms with van der Waals surface area (Å²) in [5.41, 5.74) is -0.480. The van der Waals surface area contributed by atoms with Gasteiger partial charge in [0.05, 0.1) is 0 Å². The molecular weight excluding hydrogens is 218 g/mol. The summed E-state index contributed by atoms with van der Waals surface area (Å²) in [4.78, 5) is 11.7. The third kappa shape index (κ3) is 2.63. The summed E-state index contributed by atoms with van der Waals surface area (Å²) in [6.07, 6.45) is 4.94. The van der Waals surface area contributed by atoms with Gasteiger partial charge in [0.15, 0.2) is 0 Å². The average molecular weight is 239 g/mol. The van der Waals surface area contributed by atoms with Crippen molar-refractivity contribution in [2.24, 2.45) is 17.8 Å². The molecular formula is C13H21NO3. The number of hydrogen-bond acceptors (Lipinski definition) is 3. The van der Waals surface area contributed by atoms with Crippen LogP contribution in [-0.2, 0) is 4.74 Å². The van der Waals surface area contributed by atoms with Crippen LogP contribution in [0.15, 0.2) is 12.2 Å². The summed E-state index contributed by atoms with van der Waals surface area (Å²) in [7, 11) is 0. The van der Waals surface area contributed by atoms with Gasteiger partial charge in [0, 0.05) is 18.6 Å². The molecule has 0 aliphatic heterocycles. The SMILES string of the molecule is CC(C)(C)OC(=O)N[C@H]1[C@@H](CO)[C@H]2C=C[C@@H]1C2. The standard InChI is InChI=1S/C13H21NO3/c1-13(2,3)17-12(16)14-11-9-5-4-8(6-9)10(11)7-15/h4-5,8-11,15H,6-7H2,1-3H3,(H,14,16)/t8-,9+,10-,11+/m0/s1. The molecule has 4 atom stereocenters. The van der Waals surface area contributed by atoms with E-state index < -0.39 is 5.60 Å². The number of hydrogen-bond donors (Lipinski definition) is 2. The summed E-state index contributed by atoms with van der Waals surface area (Å²) >= 11 is 0. The zero-order valence-electron chi connectivity index (χ0n) is 10.6. The fraction of sp³-hybridized carbons (Fsp3) is 0.769. The van der Waals surface area contributed by atoms with E-state index in [1.807, 2.05) is 20.8 Å². The second-order valence-electron chi connectivity index (χ2n) is 5.97. The Balaban J connectivity index is 1.95. The Morgan fingerprint density at radius 2 is 2.06 bits per heavy atom. The number of fused-ring (bicyclic) bond motifs is 2. The molecule has 2 aliphatic carbocycles. The summed E-state index contributed by atoms with van der Waals surface area (Å²) in [5, 5.41) is 12.3. The monoisotopic (exact) mass is 239 g/mol. The van der Waals surface area contributed by atoms with E-state index in [2.05, 4.69) is 17.5 Å². The molecule has 1 fully saturated rings. The molecule has 2 bridgehead atoms. The van der Waals surface area contributed by atoms with Gasteiger partial charge in [-0.3, -0.25) is 0 Å². The molecule has 2 aliphatic rings. The number of ether oxygens (including phenoxy) is 1. The third-order valence-corrected chi connectivity index (χ3v) is 3.52. The zero-order valence-corrected chi connectivity index (χ0v) is 10.6. The fourth-order valence-corrected chi connectivity index (χ4v) is 2.83. The molecule has 4 heteroatoms. The van der Waals surface area contributed by atoms with Gasteiger partial charge < -0.3 is 15.2 Å². The van der Waals surface area contributed by atoms with Gasteiger partial charge in [-0.05, 0) is 39.0 Å². The molecule has 0 saturated heterocycles. The molecule has 0 aromatic carbocycles. The van der Waals surface area contributed by atoms with Gasteiger partial charge >= 0.3 is 6.09 Å². The van der Waals surface area contributed by atoms with E-state index in [1.54, 1.807) is 0 Å². The average Bonchev–Trinajstić information content (AvgIpc) is 2.74. The molecule has 96 valence electrons. The van der Waals surface area contributed by atoms with Crippen molar-refractivity contribution in [3.05, 3.63) is 12.2 Å². The number of allylic oxidation sites excluding steroid dienone is 1. The Bertz CT molecular complexity index is 332. The number of aliphatic hydroxyl groups excluding tert-OH is 1. The maximum atomic E-state index is 11.7. The van der Waals surface area contributed by atoms with Crippen molar-refractivity contribution in [2.45, 2.75) is 38.8 Å². The lowest BCUT2D eigenvalue weighted by atomic mass is 9.90. The van der Waals surface area contributed by atoms with Crippen LogP contribution in [0, 0.1) is 17.8 Å². The van der Waals surface area contributed by atoms with Crippen molar-refractivity contribution in [1.82, 2.24) is 5.32 Å². The highest BCUT2D eigenvalue weighted by atomic mass is 16.6. The zero-order chi connectivity index (χ0) is 12.6. The maximum absolute atomic E-state index is 11.7. The molecule has 2 rings (SSSR count). The highest BCUT2D eigenvalue weighted by molar-refractivity contribution is 5.68. The lowest BCUT2D eigenvalue weighted by molar-refractivity contribution is 0.0465.